The molecule has 0 radical (unpaired) electrons. The largest absolute Gasteiger partial charge is 0.436 e. The van der Waals surface area contributed by atoms with Crippen molar-refractivity contribution in [2.75, 3.05) is 0 Å². The molecule has 0 saturated heterocycles. The number of hydrogen-bond donors (Lipinski definition) is 0. The molecule has 2 saturated carbocycles. The van der Waals surface area contributed by atoms with Crippen molar-refractivity contribution < 1.29 is 28.5 Å². The Morgan fingerprint density at radius 3 is 1.74 bits per heavy atom. The van der Waals surface area contributed by atoms with E-state index in [0.29, 0.717) is 0 Å². The van der Waals surface area contributed by atoms with Gasteiger partial charge in [-0.1, -0.05) is 45.1 Å². The summed E-state index contributed by atoms with van der Waals surface area (Å²) in [5.74, 6) is -1.17. The maximum absolute atomic E-state index is 12.1. The Bertz CT molecular complexity index is 491. The molecule has 0 aliphatic heterocycles. The zero-order valence-electron chi connectivity index (χ0n) is 16.7. The van der Waals surface area contributed by atoms with Crippen LogP contribution in [0.25, 0.3) is 0 Å². The summed E-state index contributed by atoms with van der Waals surface area (Å²) < 4.78 is 22.0. The third kappa shape index (κ3) is 8.43. The highest BCUT2D eigenvalue weighted by molar-refractivity contribution is 5.93. The number of rotatable bonds is 9. The minimum absolute atomic E-state index is 0.0592. The van der Waals surface area contributed by atoms with Crippen molar-refractivity contribution in [2.24, 2.45) is 0 Å². The maximum atomic E-state index is 12.1. The molecule has 2 rings (SSSR count). The van der Waals surface area contributed by atoms with E-state index in [2.05, 4.69) is 6.58 Å². The molecule has 2 fully saturated rings. The summed E-state index contributed by atoms with van der Waals surface area (Å²) in [4.78, 5) is 24.1. The molecule has 6 nitrogen and oxygen atoms in total. The van der Waals surface area contributed by atoms with Gasteiger partial charge in [-0.15, -0.1) is 0 Å². The quantitative estimate of drug-likeness (QED) is 0.334. The zero-order valence-corrected chi connectivity index (χ0v) is 16.7. The summed E-state index contributed by atoms with van der Waals surface area (Å²) in [6.45, 7) is 7.04. The van der Waals surface area contributed by atoms with E-state index in [-0.39, 0.29) is 24.2 Å². The van der Waals surface area contributed by atoms with Gasteiger partial charge in [0.2, 0.25) is 6.29 Å². The molecule has 6 heteroatoms. The van der Waals surface area contributed by atoms with Gasteiger partial charge in [0, 0.05) is 5.57 Å². The van der Waals surface area contributed by atoms with Crippen LogP contribution in [0.4, 0.5) is 0 Å². The molecule has 0 aromatic rings. The summed E-state index contributed by atoms with van der Waals surface area (Å²) in [6.07, 6.45) is 9.83. The number of carbonyl (C=O) groups excluding carboxylic acids is 2. The number of hydrogen-bond acceptors (Lipinski definition) is 6. The molecule has 0 aromatic carbocycles. The first-order valence-electron chi connectivity index (χ1n) is 10.3. The van der Waals surface area contributed by atoms with Crippen molar-refractivity contribution in [1.29, 1.82) is 0 Å². The molecular formula is C21H34O6. The van der Waals surface area contributed by atoms with E-state index in [1.165, 1.54) is 12.8 Å². The second-order valence-corrected chi connectivity index (χ2v) is 7.60. The van der Waals surface area contributed by atoms with Crippen LogP contribution >= 0.6 is 0 Å². The molecule has 0 bridgehead atoms. The van der Waals surface area contributed by atoms with Crippen molar-refractivity contribution in [1.82, 2.24) is 0 Å². The molecule has 27 heavy (non-hydrogen) atoms. The summed E-state index contributed by atoms with van der Waals surface area (Å²) >= 11 is 0. The molecule has 0 N–H and O–H groups in total. The summed E-state index contributed by atoms with van der Waals surface area (Å²) in [7, 11) is 0. The van der Waals surface area contributed by atoms with Gasteiger partial charge in [0.1, 0.15) is 0 Å². The average Bonchev–Trinajstić information content (AvgIpc) is 2.62. The Hall–Kier alpha value is -1.40. The third-order valence-corrected chi connectivity index (χ3v) is 5.09. The van der Waals surface area contributed by atoms with E-state index in [0.717, 1.165) is 51.4 Å². The number of carbonyl (C=O) groups is 2. The summed E-state index contributed by atoms with van der Waals surface area (Å²) in [6, 6.07) is 0. The zero-order chi connectivity index (χ0) is 19.6. The molecule has 2 atom stereocenters. The Kier molecular flexibility index (Phi) is 9.28. The molecule has 2 aliphatic rings. The lowest BCUT2D eigenvalue weighted by atomic mass is 9.98. The van der Waals surface area contributed by atoms with Crippen LogP contribution in [0.1, 0.15) is 84.5 Å². The molecule has 2 unspecified atom stereocenters. The first-order valence-corrected chi connectivity index (χ1v) is 10.3. The average molecular weight is 382 g/mol. The SMILES string of the molecule is C=C(CC(=O)OC(C)OC1CCCCC1)C(=O)OC(C)OC1CCCCC1. The molecule has 0 amide bonds. The molecular weight excluding hydrogens is 348 g/mol. The normalized spacial score (nSPS) is 21.3. The van der Waals surface area contributed by atoms with Gasteiger partial charge in [-0.05, 0) is 39.5 Å². The van der Waals surface area contributed by atoms with Crippen LogP contribution in [0.5, 0.6) is 0 Å². The van der Waals surface area contributed by atoms with Gasteiger partial charge in [-0.25, -0.2) is 4.79 Å². The number of ether oxygens (including phenoxy) is 4. The van der Waals surface area contributed by atoms with Gasteiger partial charge in [-0.2, -0.15) is 0 Å². The van der Waals surface area contributed by atoms with Crippen molar-refractivity contribution in [3.05, 3.63) is 12.2 Å². The third-order valence-electron chi connectivity index (χ3n) is 5.09. The van der Waals surface area contributed by atoms with E-state index < -0.39 is 24.5 Å². The van der Waals surface area contributed by atoms with Crippen LogP contribution in [0.3, 0.4) is 0 Å². The topological polar surface area (TPSA) is 71.1 Å². The Morgan fingerprint density at radius 2 is 1.26 bits per heavy atom. The molecule has 0 spiro atoms. The van der Waals surface area contributed by atoms with Crippen molar-refractivity contribution in [2.45, 2.75) is 109 Å². The van der Waals surface area contributed by atoms with Crippen LogP contribution in [0, 0.1) is 0 Å². The molecule has 154 valence electrons. The summed E-state index contributed by atoms with van der Waals surface area (Å²) in [5, 5.41) is 0. The first-order chi connectivity index (χ1) is 12.9. The van der Waals surface area contributed by atoms with Crippen molar-refractivity contribution in [3.8, 4) is 0 Å². The minimum Gasteiger partial charge on any atom is -0.436 e. The Balaban J connectivity index is 1.64. The highest BCUT2D eigenvalue weighted by atomic mass is 16.7. The van der Waals surface area contributed by atoms with Gasteiger partial charge in [0.15, 0.2) is 6.29 Å². The monoisotopic (exact) mass is 382 g/mol. The fourth-order valence-corrected chi connectivity index (χ4v) is 3.71. The Morgan fingerprint density at radius 1 is 0.815 bits per heavy atom. The lowest BCUT2D eigenvalue weighted by molar-refractivity contribution is -0.190. The van der Waals surface area contributed by atoms with Crippen LogP contribution in [0.2, 0.25) is 0 Å². The van der Waals surface area contributed by atoms with Gasteiger partial charge < -0.3 is 18.9 Å². The predicted molar refractivity (Wildman–Crippen MR) is 101 cm³/mol. The highest BCUT2D eigenvalue weighted by Gasteiger charge is 2.23. The molecule has 0 heterocycles. The Labute approximate surface area is 162 Å². The molecule has 0 aromatic heterocycles. The van der Waals surface area contributed by atoms with Crippen LogP contribution in [-0.4, -0.2) is 36.7 Å². The van der Waals surface area contributed by atoms with Crippen LogP contribution < -0.4 is 0 Å². The lowest BCUT2D eigenvalue weighted by Crippen LogP contribution is -2.28. The van der Waals surface area contributed by atoms with Gasteiger partial charge >= 0.3 is 11.9 Å². The smallest absolute Gasteiger partial charge is 0.336 e. The van der Waals surface area contributed by atoms with E-state index in [4.69, 9.17) is 18.9 Å². The van der Waals surface area contributed by atoms with E-state index in [1.807, 2.05) is 0 Å². The standard InChI is InChI=1S/C21H34O6/c1-15(21(23)27-17(3)25-19-12-8-5-9-13-19)14-20(22)26-16(2)24-18-10-6-4-7-11-18/h16-19H,1,4-14H2,2-3H3. The first kappa shape index (κ1) is 21.9. The highest BCUT2D eigenvalue weighted by Crippen LogP contribution is 2.23. The fraction of sp³-hybridized carbons (Fsp3) is 0.810. The van der Waals surface area contributed by atoms with Crippen LogP contribution in [0.15, 0.2) is 12.2 Å². The van der Waals surface area contributed by atoms with Crippen molar-refractivity contribution >= 4 is 11.9 Å². The second-order valence-electron chi connectivity index (χ2n) is 7.60. The maximum Gasteiger partial charge on any atom is 0.336 e. The fourth-order valence-electron chi connectivity index (χ4n) is 3.71. The minimum atomic E-state index is -0.651. The van der Waals surface area contributed by atoms with E-state index in [9.17, 15) is 9.59 Å². The van der Waals surface area contributed by atoms with E-state index >= 15 is 0 Å². The summed E-state index contributed by atoms with van der Waals surface area (Å²) in [5.41, 5.74) is 0.0592. The number of esters is 2. The van der Waals surface area contributed by atoms with Gasteiger partial charge in [-0.3, -0.25) is 4.79 Å². The van der Waals surface area contributed by atoms with E-state index in [1.54, 1.807) is 13.8 Å². The van der Waals surface area contributed by atoms with Crippen molar-refractivity contribution in [3.63, 3.8) is 0 Å². The lowest BCUT2D eigenvalue weighted by Gasteiger charge is -2.26. The second kappa shape index (κ2) is 11.4. The predicted octanol–water partition coefficient (Wildman–Crippen LogP) is 4.41. The van der Waals surface area contributed by atoms with Gasteiger partial charge in [0.05, 0.1) is 18.6 Å². The van der Waals surface area contributed by atoms with Gasteiger partial charge in [0.25, 0.3) is 0 Å². The molecule has 2 aliphatic carbocycles. The van der Waals surface area contributed by atoms with Crippen LogP contribution in [-0.2, 0) is 28.5 Å².